The second-order valence-corrected chi connectivity index (χ2v) is 4.13. The maximum atomic E-state index is 11.4. The van der Waals surface area contributed by atoms with Crippen LogP contribution in [-0.4, -0.2) is 56.7 Å². The Morgan fingerprint density at radius 3 is 2.60 bits per heavy atom. The number of amides is 1. The molecule has 0 aliphatic carbocycles. The van der Waals surface area contributed by atoms with Crippen molar-refractivity contribution in [3.63, 3.8) is 0 Å². The summed E-state index contributed by atoms with van der Waals surface area (Å²) in [6, 6.07) is 0.130. The summed E-state index contributed by atoms with van der Waals surface area (Å²) in [4.78, 5) is 13.3. The highest BCUT2D eigenvalue weighted by Crippen LogP contribution is 1.88. The molecule has 0 saturated heterocycles. The molecule has 0 aliphatic rings. The van der Waals surface area contributed by atoms with Gasteiger partial charge in [-0.3, -0.25) is 9.69 Å². The molecule has 1 unspecified atom stereocenters. The first-order chi connectivity index (χ1) is 6.95. The summed E-state index contributed by atoms with van der Waals surface area (Å²) in [6.07, 6.45) is 0. The van der Waals surface area contributed by atoms with Crippen LogP contribution in [0.1, 0.15) is 13.8 Å². The highest BCUT2D eigenvalue weighted by molar-refractivity contribution is 5.78. The van der Waals surface area contributed by atoms with Gasteiger partial charge in [-0.2, -0.15) is 0 Å². The van der Waals surface area contributed by atoms with E-state index in [0.29, 0.717) is 19.7 Å². The van der Waals surface area contributed by atoms with Crippen molar-refractivity contribution in [2.24, 2.45) is 5.73 Å². The van der Waals surface area contributed by atoms with Crippen molar-refractivity contribution in [3.8, 4) is 0 Å². The highest BCUT2D eigenvalue weighted by Gasteiger charge is 2.10. The van der Waals surface area contributed by atoms with Crippen molar-refractivity contribution in [1.82, 2.24) is 10.2 Å². The average molecular weight is 217 g/mol. The van der Waals surface area contributed by atoms with Crippen LogP contribution in [0.15, 0.2) is 0 Å². The Hall–Kier alpha value is -0.650. The van der Waals surface area contributed by atoms with E-state index < -0.39 is 0 Å². The number of methoxy groups -OCH3 is 1. The molecule has 0 aliphatic heterocycles. The molecule has 90 valence electrons. The Morgan fingerprint density at radius 2 is 2.13 bits per heavy atom. The van der Waals surface area contributed by atoms with Crippen LogP contribution in [0.4, 0.5) is 0 Å². The van der Waals surface area contributed by atoms with Crippen molar-refractivity contribution in [2.75, 3.05) is 33.9 Å². The number of likely N-dealkylation sites (N-methyl/N-ethyl adjacent to an activating group) is 1. The van der Waals surface area contributed by atoms with E-state index in [4.69, 9.17) is 10.5 Å². The minimum atomic E-state index is -0.0492. The van der Waals surface area contributed by atoms with Crippen molar-refractivity contribution >= 4 is 5.91 Å². The molecular weight excluding hydrogens is 194 g/mol. The Kier molecular flexibility index (Phi) is 7.29. The van der Waals surface area contributed by atoms with E-state index in [1.807, 2.05) is 25.8 Å². The molecule has 0 aromatic rings. The van der Waals surface area contributed by atoms with Gasteiger partial charge in [-0.25, -0.2) is 0 Å². The van der Waals surface area contributed by atoms with Gasteiger partial charge in [-0.1, -0.05) is 0 Å². The molecule has 0 fully saturated rings. The molecule has 0 radical (unpaired) electrons. The van der Waals surface area contributed by atoms with Crippen molar-refractivity contribution in [2.45, 2.75) is 25.9 Å². The Bertz CT molecular complexity index is 186. The van der Waals surface area contributed by atoms with E-state index in [-0.39, 0.29) is 18.0 Å². The fraction of sp³-hybridized carbons (Fsp3) is 0.900. The zero-order chi connectivity index (χ0) is 11.8. The fourth-order valence-electron chi connectivity index (χ4n) is 1.34. The lowest BCUT2D eigenvalue weighted by Crippen LogP contribution is -2.44. The monoisotopic (exact) mass is 217 g/mol. The van der Waals surface area contributed by atoms with Crippen LogP contribution >= 0.6 is 0 Å². The molecule has 0 rings (SSSR count). The number of nitrogens with two attached hydrogens (primary N) is 1. The molecule has 5 heteroatoms. The number of nitrogens with one attached hydrogen (secondary N) is 1. The zero-order valence-electron chi connectivity index (χ0n) is 10.1. The van der Waals surface area contributed by atoms with Gasteiger partial charge in [0.2, 0.25) is 5.91 Å². The number of carbonyl (C=O) groups is 1. The van der Waals surface area contributed by atoms with Gasteiger partial charge in [0.25, 0.3) is 0 Å². The van der Waals surface area contributed by atoms with Gasteiger partial charge < -0.3 is 15.8 Å². The SMILES string of the molecule is COCC(N)CN(C)CC(=O)NC(C)C. The predicted molar refractivity (Wildman–Crippen MR) is 60.6 cm³/mol. The number of hydrogen-bond acceptors (Lipinski definition) is 4. The number of nitrogens with zero attached hydrogens (tertiary/aromatic N) is 1. The molecule has 0 bridgehead atoms. The van der Waals surface area contributed by atoms with Gasteiger partial charge in [0, 0.05) is 25.7 Å². The molecule has 0 saturated carbocycles. The minimum Gasteiger partial charge on any atom is -0.383 e. The van der Waals surface area contributed by atoms with Gasteiger partial charge in [-0.05, 0) is 20.9 Å². The van der Waals surface area contributed by atoms with Gasteiger partial charge in [0.1, 0.15) is 0 Å². The topological polar surface area (TPSA) is 67.6 Å². The third kappa shape index (κ3) is 8.35. The average Bonchev–Trinajstić information content (AvgIpc) is 2.00. The quantitative estimate of drug-likeness (QED) is 0.598. The maximum Gasteiger partial charge on any atom is 0.234 e. The Morgan fingerprint density at radius 1 is 1.53 bits per heavy atom. The standard InChI is InChI=1S/C10H23N3O2/c1-8(2)12-10(14)6-13(3)5-9(11)7-15-4/h8-9H,5-7,11H2,1-4H3,(H,12,14). The van der Waals surface area contributed by atoms with Crippen molar-refractivity contribution < 1.29 is 9.53 Å². The molecule has 15 heavy (non-hydrogen) atoms. The van der Waals surface area contributed by atoms with Crippen LogP contribution in [-0.2, 0) is 9.53 Å². The summed E-state index contributed by atoms with van der Waals surface area (Å²) in [5.74, 6) is 0.0251. The second kappa shape index (κ2) is 7.62. The van der Waals surface area contributed by atoms with E-state index in [1.54, 1.807) is 7.11 Å². The van der Waals surface area contributed by atoms with Crippen molar-refractivity contribution in [1.29, 1.82) is 0 Å². The van der Waals surface area contributed by atoms with E-state index >= 15 is 0 Å². The number of carbonyl (C=O) groups excluding carboxylic acids is 1. The molecule has 0 heterocycles. The summed E-state index contributed by atoms with van der Waals surface area (Å²) in [5.41, 5.74) is 5.76. The summed E-state index contributed by atoms with van der Waals surface area (Å²) in [6.45, 7) is 5.41. The Labute approximate surface area is 91.9 Å². The summed E-state index contributed by atoms with van der Waals surface area (Å²) < 4.78 is 4.92. The largest absolute Gasteiger partial charge is 0.383 e. The normalized spacial score (nSPS) is 13.3. The van der Waals surface area contributed by atoms with E-state index in [0.717, 1.165) is 0 Å². The molecular formula is C10H23N3O2. The van der Waals surface area contributed by atoms with Crippen LogP contribution in [0.25, 0.3) is 0 Å². The predicted octanol–water partition coefficient (Wildman–Crippen LogP) is -0.583. The molecule has 1 amide bonds. The lowest BCUT2D eigenvalue weighted by molar-refractivity contribution is -0.122. The highest BCUT2D eigenvalue weighted by atomic mass is 16.5. The third-order valence-electron chi connectivity index (χ3n) is 1.79. The smallest absolute Gasteiger partial charge is 0.234 e. The van der Waals surface area contributed by atoms with E-state index in [2.05, 4.69) is 5.32 Å². The molecule has 5 nitrogen and oxygen atoms in total. The summed E-state index contributed by atoms with van der Waals surface area (Å²) in [7, 11) is 3.49. The molecule has 0 aromatic carbocycles. The number of hydrogen-bond donors (Lipinski definition) is 2. The van der Waals surface area contributed by atoms with Gasteiger partial charge in [-0.15, -0.1) is 0 Å². The summed E-state index contributed by atoms with van der Waals surface area (Å²) in [5, 5.41) is 2.83. The van der Waals surface area contributed by atoms with E-state index in [1.165, 1.54) is 0 Å². The zero-order valence-corrected chi connectivity index (χ0v) is 10.1. The molecule has 1 atom stereocenters. The van der Waals surface area contributed by atoms with Gasteiger partial charge in [0.05, 0.1) is 13.2 Å². The third-order valence-corrected chi connectivity index (χ3v) is 1.79. The molecule has 0 spiro atoms. The number of rotatable bonds is 7. The maximum absolute atomic E-state index is 11.4. The van der Waals surface area contributed by atoms with Gasteiger partial charge >= 0.3 is 0 Å². The first-order valence-corrected chi connectivity index (χ1v) is 5.18. The van der Waals surface area contributed by atoms with Crippen LogP contribution in [0.5, 0.6) is 0 Å². The second-order valence-electron chi connectivity index (χ2n) is 4.13. The van der Waals surface area contributed by atoms with Crippen LogP contribution in [0, 0.1) is 0 Å². The van der Waals surface area contributed by atoms with Crippen LogP contribution < -0.4 is 11.1 Å². The first-order valence-electron chi connectivity index (χ1n) is 5.18. The van der Waals surface area contributed by atoms with Gasteiger partial charge in [0.15, 0.2) is 0 Å². The molecule has 0 aromatic heterocycles. The molecule has 3 N–H and O–H groups in total. The first kappa shape index (κ1) is 14.3. The number of ether oxygens (including phenoxy) is 1. The minimum absolute atomic E-state index is 0.0251. The Balaban J connectivity index is 3.72. The van der Waals surface area contributed by atoms with Crippen LogP contribution in [0.2, 0.25) is 0 Å². The lowest BCUT2D eigenvalue weighted by Gasteiger charge is -2.20. The van der Waals surface area contributed by atoms with Crippen molar-refractivity contribution in [3.05, 3.63) is 0 Å². The lowest BCUT2D eigenvalue weighted by atomic mass is 10.3. The van der Waals surface area contributed by atoms with E-state index in [9.17, 15) is 4.79 Å². The fourth-order valence-corrected chi connectivity index (χ4v) is 1.34. The summed E-state index contributed by atoms with van der Waals surface area (Å²) >= 11 is 0. The van der Waals surface area contributed by atoms with Crippen LogP contribution in [0.3, 0.4) is 0 Å².